The minimum atomic E-state index is -0.265. The van der Waals surface area contributed by atoms with Crippen molar-refractivity contribution in [1.82, 2.24) is 0 Å². The molecule has 1 aliphatic heterocycles. The third kappa shape index (κ3) is 2.92. The van der Waals surface area contributed by atoms with Crippen molar-refractivity contribution >= 4 is 56.8 Å². The summed E-state index contributed by atoms with van der Waals surface area (Å²) in [6.45, 7) is 0. The molecule has 1 aromatic heterocycles. The number of benzene rings is 4. The Balaban J connectivity index is 1.44. The molecule has 6 heteroatoms. The lowest BCUT2D eigenvalue weighted by molar-refractivity contribution is 0.258. The standard InChI is InChI=1S/C26H18N2O3S/c1-30-23-14-17-16-8-2-5-11-21(16)31-22(17)15-18(23)27-26(29)28-19-9-3-6-12-24(19)32-25-13-7-4-10-20(25)28/h2-15H,1H3,(H,27,29). The van der Waals surface area contributed by atoms with Gasteiger partial charge in [-0.25, -0.2) is 4.79 Å². The Morgan fingerprint density at radius 1 is 0.844 bits per heavy atom. The molecule has 5 aromatic rings. The van der Waals surface area contributed by atoms with Crippen LogP contribution in [-0.4, -0.2) is 13.1 Å². The third-order valence-electron chi connectivity index (χ3n) is 5.58. The topological polar surface area (TPSA) is 54.7 Å². The van der Waals surface area contributed by atoms with E-state index >= 15 is 0 Å². The molecule has 0 spiro atoms. The van der Waals surface area contributed by atoms with E-state index in [4.69, 9.17) is 9.15 Å². The summed E-state index contributed by atoms with van der Waals surface area (Å²) in [4.78, 5) is 17.4. The number of nitrogens with zero attached hydrogens (tertiary/aromatic N) is 1. The number of amides is 2. The van der Waals surface area contributed by atoms with Gasteiger partial charge in [-0.1, -0.05) is 54.2 Å². The SMILES string of the molecule is COc1cc2c(cc1NC(=O)N1c3ccccc3Sc3ccccc31)oc1ccccc12. The fourth-order valence-corrected chi connectivity index (χ4v) is 5.17. The molecule has 0 saturated carbocycles. The van der Waals surface area contributed by atoms with Crippen LogP contribution in [0.1, 0.15) is 0 Å². The fourth-order valence-electron chi connectivity index (χ4n) is 4.11. The summed E-state index contributed by atoms with van der Waals surface area (Å²) in [5.74, 6) is 0.574. The second-order valence-electron chi connectivity index (χ2n) is 7.45. The van der Waals surface area contributed by atoms with E-state index in [1.165, 1.54) is 0 Å². The molecule has 0 atom stereocenters. The number of hydrogen-bond donors (Lipinski definition) is 1. The number of rotatable bonds is 2. The molecule has 1 N–H and O–H groups in total. The highest BCUT2D eigenvalue weighted by atomic mass is 32.2. The van der Waals surface area contributed by atoms with Crippen LogP contribution in [0.4, 0.5) is 21.9 Å². The molecule has 0 bridgehead atoms. The first-order valence-electron chi connectivity index (χ1n) is 10.2. The van der Waals surface area contributed by atoms with Gasteiger partial charge in [0, 0.05) is 26.6 Å². The van der Waals surface area contributed by atoms with E-state index in [2.05, 4.69) is 5.32 Å². The summed E-state index contributed by atoms with van der Waals surface area (Å²) >= 11 is 1.66. The highest BCUT2D eigenvalue weighted by Gasteiger charge is 2.28. The first kappa shape index (κ1) is 18.8. The van der Waals surface area contributed by atoms with Gasteiger partial charge in [0.25, 0.3) is 0 Å². The van der Waals surface area contributed by atoms with E-state index in [9.17, 15) is 4.79 Å². The Labute approximate surface area is 188 Å². The molecular weight excluding hydrogens is 420 g/mol. The lowest BCUT2D eigenvalue weighted by Gasteiger charge is -2.31. The highest BCUT2D eigenvalue weighted by Crippen LogP contribution is 2.48. The summed E-state index contributed by atoms with van der Waals surface area (Å²) < 4.78 is 11.6. The van der Waals surface area contributed by atoms with Gasteiger partial charge >= 0.3 is 6.03 Å². The average molecular weight is 439 g/mol. The van der Waals surface area contributed by atoms with Gasteiger partial charge < -0.3 is 14.5 Å². The molecule has 0 fully saturated rings. The zero-order chi connectivity index (χ0) is 21.7. The molecule has 2 amide bonds. The van der Waals surface area contributed by atoms with Gasteiger partial charge in [0.05, 0.1) is 24.2 Å². The Morgan fingerprint density at radius 2 is 1.50 bits per heavy atom. The highest BCUT2D eigenvalue weighted by molar-refractivity contribution is 7.99. The van der Waals surface area contributed by atoms with Crippen molar-refractivity contribution in [2.45, 2.75) is 9.79 Å². The zero-order valence-electron chi connectivity index (χ0n) is 17.2. The van der Waals surface area contributed by atoms with E-state index < -0.39 is 0 Å². The quantitative estimate of drug-likeness (QED) is 0.311. The number of ether oxygens (including phenoxy) is 1. The first-order valence-corrected chi connectivity index (χ1v) is 11.0. The van der Waals surface area contributed by atoms with Crippen LogP contribution in [0.2, 0.25) is 0 Å². The lowest BCUT2D eigenvalue weighted by atomic mass is 10.1. The minimum absolute atomic E-state index is 0.265. The van der Waals surface area contributed by atoms with Crippen molar-refractivity contribution in [3.8, 4) is 5.75 Å². The monoisotopic (exact) mass is 438 g/mol. The molecule has 5 nitrogen and oxygen atoms in total. The van der Waals surface area contributed by atoms with E-state index in [0.717, 1.165) is 37.5 Å². The molecule has 6 rings (SSSR count). The van der Waals surface area contributed by atoms with Crippen molar-refractivity contribution in [2.75, 3.05) is 17.3 Å². The van der Waals surface area contributed by atoms with Crippen LogP contribution < -0.4 is 15.0 Å². The number of urea groups is 1. The first-order chi connectivity index (χ1) is 15.7. The van der Waals surface area contributed by atoms with Crippen LogP contribution in [0.15, 0.2) is 99.1 Å². The Kier molecular flexibility index (Phi) is 4.33. The Morgan fingerprint density at radius 3 is 2.22 bits per heavy atom. The van der Waals surface area contributed by atoms with Crippen LogP contribution in [-0.2, 0) is 0 Å². The van der Waals surface area contributed by atoms with E-state index in [1.54, 1.807) is 23.8 Å². The van der Waals surface area contributed by atoms with E-state index in [-0.39, 0.29) is 6.03 Å². The largest absolute Gasteiger partial charge is 0.495 e. The van der Waals surface area contributed by atoms with Crippen molar-refractivity contribution in [3.05, 3.63) is 84.9 Å². The van der Waals surface area contributed by atoms with Gasteiger partial charge in [0.1, 0.15) is 16.9 Å². The normalized spacial score (nSPS) is 12.5. The van der Waals surface area contributed by atoms with Gasteiger partial charge in [0.15, 0.2) is 0 Å². The third-order valence-corrected chi connectivity index (χ3v) is 6.71. The second kappa shape index (κ2) is 7.35. The second-order valence-corrected chi connectivity index (χ2v) is 8.53. The maximum atomic E-state index is 13.6. The Hall–Kier alpha value is -3.90. The number of para-hydroxylation sites is 3. The summed E-state index contributed by atoms with van der Waals surface area (Å²) in [5, 5.41) is 5.00. The molecule has 2 heterocycles. The van der Waals surface area contributed by atoms with Gasteiger partial charge in [0.2, 0.25) is 0 Å². The summed E-state index contributed by atoms with van der Waals surface area (Å²) in [6, 6.07) is 27.1. The predicted octanol–water partition coefficient (Wildman–Crippen LogP) is 7.43. The number of anilines is 3. The van der Waals surface area contributed by atoms with Gasteiger partial charge in [-0.3, -0.25) is 4.90 Å². The number of methoxy groups -OCH3 is 1. The van der Waals surface area contributed by atoms with Crippen molar-refractivity contribution < 1.29 is 13.9 Å². The maximum Gasteiger partial charge on any atom is 0.331 e. The molecule has 0 radical (unpaired) electrons. The number of hydrogen-bond acceptors (Lipinski definition) is 4. The predicted molar refractivity (Wildman–Crippen MR) is 128 cm³/mol. The van der Waals surface area contributed by atoms with Crippen molar-refractivity contribution in [2.24, 2.45) is 0 Å². The van der Waals surface area contributed by atoms with Gasteiger partial charge in [-0.15, -0.1) is 0 Å². The molecule has 32 heavy (non-hydrogen) atoms. The number of nitrogens with one attached hydrogen (secondary N) is 1. The summed E-state index contributed by atoms with van der Waals surface area (Å²) in [5.41, 5.74) is 3.73. The number of fused-ring (bicyclic) bond motifs is 5. The number of furan rings is 1. The van der Waals surface area contributed by atoms with Gasteiger partial charge in [-0.05, 0) is 36.4 Å². The van der Waals surface area contributed by atoms with Crippen LogP contribution in [0.3, 0.4) is 0 Å². The van der Waals surface area contributed by atoms with Crippen LogP contribution >= 0.6 is 11.8 Å². The molecule has 1 aliphatic rings. The van der Waals surface area contributed by atoms with Crippen molar-refractivity contribution in [3.63, 3.8) is 0 Å². The maximum absolute atomic E-state index is 13.6. The lowest BCUT2D eigenvalue weighted by Crippen LogP contribution is -2.32. The van der Waals surface area contributed by atoms with Gasteiger partial charge in [-0.2, -0.15) is 0 Å². The summed E-state index contributed by atoms with van der Waals surface area (Å²) in [6.07, 6.45) is 0. The fraction of sp³-hybridized carbons (Fsp3) is 0.0385. The van der Waals surface area contributed by atoms with Crippen LogP contribution in [0.25, 0.3) is 21.9 Å². The van der Waals surface area contributed by atoms with E-state index in [1.807, 2.05) is 84.9 Å². The van der Waals surface area contributed by atoms with Crippen LogP contribution in [0.5, 0.6) is 5.75 Å². The van der Waals surface area contributed by atoms with E-state index in [0.29, 0.717) is 17.0 Å². The number of carbonyl (C=O) groups is 1. The molecule has 0 saturated heterocycles. The van der Waals surface area contributed by atoms with Crippen molar-refractivity contribution in [1.29, 1.82) is 0 Å². The summed E-state index contributed by atoms with van der Waals surface area (Å²) in [7, 11) is 1.60. The molecule has 0 aliphatic carbocycles. The molecule has 0 unspecified atom stereocenters. The molecule has 156 valence electrons. The minimum Gasteiger partial charge on any atom is -0.495 e. The van der Waals surface area contributed by atoms with Crippen LogP contribution in [0, 0.1) is 0 Å². The molecule has 4 aromatic carbocycles. The average Bonchev–Trinajstić information content (AvgIpc) is 3.19. The zero-order valence-corrected chi connectivity index (χ0v) is 18.0. The number of carbonyl (C=O) groups excluding carboxylic acids is 1. The smallest absolute Gasteiger partial charge is 0.331 e. The Bertz CT molecular complexity index is 1460. The molecular formula is C26H18N2O3S.